The molecule has 0 radical (unpaired) electrons. The molecule has 0 spiro atoms. The van der Waals surface area contributed by atoms with Crippen LogP contribution in [0.5, 0.6) is 0 Å². The third kappa shape index (κ3) is 2.85. The van der Waals surface area contributed by atoms with Crippen molar-refractivity contribution in [2.45, 2.75) is 12.8 Å². The number of carbonyl (C=O) groups is 2. The number of aliphatic carboxylic acids is 1. The van der Waals surface area contributed by atoms with Crippen LogP contribution in [0.4, 0.5) is 0 Å². The maximum Gasteiger partial charge on any atom is 0.303 e. The summed E-state index contributed by atoms with van der Waals surface area (Å²) < 4.78 is 0. The molecule has 1 amide bonds. The van der Waals surface area contributed by atoms with Crippen molar-refractivity contribution in [3.05, 3.63) is 16.1 Å². The minimum Gasteiger partial charge on any atom is -0.481 e. The van der Waals surface area contributed by atoms with Gasteiger partial charge in [0, 0.05) is 30.8 Å². The Morgan fingerprint density at radius 1 is 1.56 bits per heavy atom. The summed E-state index contributed by atoms with van der Waals surface area (Å²) in [6.07, 6.45) is 0.804. The van der Waals surface area contributed by atoms with Crippen LogP contribution in [0, 0.1) is 5.92 Å². The van der Waals surface area contributed by atoms with Crippen LogP contribution in [0.1, 0.15) is 21.9 Å². The third-order valence-electron chi connectivity index (χ3n) is 2.84. The highest BCUT2D eigenvalue weighted by Crippen LogP contribution is 2.22. The van der Waals surface area contributed by atoms with Crippen LogP contribution >= 0.6 is 11.3 Å². The average Bonchev–Trinajstić information content (AvgIpc) is 2.71. The molecule has 1 aromatic rings. The van der Waals surface area contributed by atoms with Gasteiger partial charge in [-0.2, -0.15) is 0 Å². The van der Waals surface area contributed by atoms with Crippen LogP contribution in [0.15, 0.2) is 5.38 Å². The van der Waals surface area contributed by atoms with Gasteiger partial charge in [0.05, 0.1) is 11.4 Å². The van der Waals surface area contributed by atoms with Gasteiger partial charge in [0.1, 0.15) is 5.69 Å². The summed E-state index contributed by atoms with van der Waals surface area (Å²) in [6, 6.07) is 0. The number of hydrogen-bond donors (Lipinski definition) is 2. The van der Waals surface area contributed by atoms with Crippen molar-refractivity contribution in [1.29, 1.82) is 0 Å². The number of rotatable bonds is 5. The van der Waals surface area contributed by atoms with E-state index in [2.05, 4.69) is 4.98 Å². The summed E-state index contributed by atoms with van der Waals surface area (Å²) >= 11 is 1.43. The van der Waals surface area contributed by atoms with Crippen LogP contribution in [-0.2, 0) is 11.2 Å². The molecule has 6 nitrogen and oxygen atoms in total. The number of carboxylic acids is 1. The van der Waals surface area contributed by atoms with Crippen LogP contribution in [0.25, 0.3) is 0 Å². The zero-order valence-corrected chi connectivity index (χ0v) is 10.7. The zero-order valence-electron chi connectivity index (χ0n) is 9.83. The number of likely N-dealkylation sites (tertiary alicyclic amines) is 1. The molecule has 1 saturated heterocycles. The summed E-state index contributed by atoms with van der Waals surface area (Å²) in [5, 5.41) is 11.2. The fraction of sp³-hybridized carbons (Fsp3) is 0.545. The van der Waals surface area contributed by atoms with Crippen molar-refractivity contribution < 1.29 is 14.7 Å². The summed E-state index contributed by atoms with van der Waals surface area (Å²) in [6.45, 7) is 1.54. The lowest BCUT2D eigenvalue weighted by Crippen LogP contribution is -2.50. The van der Waals surface area contributed by atoms with Crippen molar-refractivity contribution in [3.8, 4) is 0 Å². The van der Waals surface area contributed by atoms with Gasteiger partial charge in [0.15, 0.2) is 0 Å². The molecule has 0 unspecified atom stereocenters. The molecule has 1 aliphatic heterocycles. The van der Waals surface area contributed by atoms with Gasteiger partial charge in [0.2, 0.25) is 0 Å². The third-order valence-corrected chi connectivity index (χ3v) is 3.75. The summed E-state index contributed by atoms with van der Waals surface area (Å²) in [7, 11) is 0. The molecule has 0 bridgehead atoms. The number of nitrogens with zero attached hydrogens (tertiary/aromatic N) is 2. The number of amides is 1. The lowest BCUT2D eigenvalue weighted by atomic mass is 9.96. The molecule has 0 atom stereocenters. The van der Waals surface area contributed by atoms with E-state index >= 15 is 0 Å². The number of aromatic nitrogens is 1. The highest BCUT2D eigenvalue weighted by atomic mass is 32.1. The summed E-state index contributed by atoms with van der Waals surface area (Å²) in [5.74, 6) is -0.851. The topological polar surface area (TPSA) is 96.5 Å². The fourth-order valence-corrected chi connectivity index (χ4v) is 2.71. The zero-order chi connectivity index (χ0) is 13.1. The van der Waals surface area contributed by atoms with E-state index < -0.39 is 5.97 Å². The van der Waals surface area contributed by atoms with Crippen molar-refractivity contribution >= 4 is 23.2 Å². The van der Waals surface area contributed by atoms with E-state index in [-0.39, 0.29) is 18.2 Å². The molecular weight excluding hydrogens is 254 g/mol. The Labute approximate surface area is 108 Å². The maximum absolute atomic E-state index is 12.0. The van der Waals surface area contributed by atoms with E-state index in [0.29, 0.717) is 31.7 Å². The summed E-state index contributed by atoms with van der Waals surface area (Å²) in [5.41, 5.74) is 5.87. The van der Waals surface area contributed by atoms with Crippen LogP contribution < -0.4 is 5.73 Å². The lowest BCUT2D eigenvalue weighted by molar-refractivity contribution is -0.139. The van der Waals surface area contributed by atoms with Gasteiger partial charge in [-0.1, -0.05) is 0 Å². The minimum absolute atomic E-state index is 0.0774. The Morgan fingerprint density at radius 2 is 2.28 bits per heavy atom. The molecule has 1 fully saturated rings. The molecule has 3 N–H and O–H groups in total. The predicted molar refractivity (Wildman–Crippen MR) is 66.5 cm³/mol. The maximum atomic E-state index is 12.0. The van der Waals surface area contributed by atoms with Gasteiger partial charge in [0.25, 0.3) is 5.91 Å². The second-order valence-corrected chi connectivity index (χ2v) is 5.28. The smallest absolute Gasteiger partial charge is 0.303 e. The average molecular weight is 269 g/mol. The van der Waals surface area contributed by atoms with Gasteiger partial charge in [-0.3, -0.25) is 9.59 Å². The second-order valence-electron chi connectivity index (χ2n) is 4.34. The van der Waals surface area contributed by atoms with Gasteiger partial charge >= 0.3 is 5.97 Å². The van der Waals surface area contributed by atoms with E-state index in [0.717, 1.165) is 5.01 Å². The number of nitrogens with two attached hydrogens (primary N) is 1. The molecule has 1 aromatic heterocycles. The Kier molecular flexibility index (Phi) is 3.93. The fourth-order valence-electron chi connectivity index (χ4n) is 1.92. The number of thiazole rings is 1. The number of carbonyl (C=O) groups excluding carboxylic acids is 1. The Morgan fingerprint density at radius 3 is 2.89 bits per heavy atom. The molecule has 0 aromatic carbocycles. The Hall–Kier alpha value is -1.47. The van der Waals surface area contributed by atoms with Crippen LogP contribution in [-0.4, -0.2) is 46.5 Å². The van der Waals surface area contributed by atoms with Gasteiger partial charge < -0.3 is 15.7 Å². The molecule has 2 rings (SSSR count). The van der Waals surface area contributed by atoms with E-state index in [4.69, 9.17) is 10.8 Å². The van der Waals surface area contributed by atoms with Crippen LogP contribution in [0.2, 0.25) is 0 Å². The number of carboxylic acid groups (broad SMARTS) is 1. The standard InChI is InChI=1S/C11H15N3O3S/c12-2-1-9-13-8(6-18-9)11(17)14-4-7(5-14)3-10(15)16/h6-7H,1-5,12H2,(H,15,16). The quantitative estimate of drug-likeness (QED) is 0.795. The minimum atomic E-state index is -0.814. The van der Waals surface area contributed by atoms with Crippen molar-refractivity contribution in [2.24, 2.45) is 11.7 Å². The van der Waals surface area contributed by atoms with Gasteiger partial charge in [-0.05, 0) is 6.54 Å². The Balaban J connectivity index is 1.87. The van der Waals surface area contributed by atoms with Crippen molar-refractivity contribution in [1.82, 2.24) is 9.88 Å². The molecule has 2 heterocycles. The second kappa shape index (κ2) is 5.45. The first-order valence-corrected chi connectivity index (χ1v) is 6.63. The monoisotopic (exact) mass is 269 g/mol. The lowest BCUT2D eigenvalue weighted by Gasteiger charge is -2.38. The first-order valence-electron chi connectivity index (χ1n) is 5.75. The molecule has 0 saturated carbocycles. The molecule has 7 heteroatoms. The van der Waals surface area contributed by atoms with Gasteiger partial charge in [-0.15, -0.1) is 11.3 Å². The molecular formula is C11H15N3O3S. The van der Waals surface area contributed by atoms with E-state index in [9.17, 15) is 9.59 Å². The molecule has 0 aliphatic carbocycles. The highest BCUT2D eigenvalue weighted by Gasteiger charge is 2.33. The largest absolute Gasteiger partial charge is 0.481 e. The van der Waals surface area contributed by atoms with E-state index in [1.165, 1.54) is 11.3 Å². The molecule has 18 heavy (non-hydrogen) atoms. The molecule has 98 valence electrons. The van der Waals surface area contributed by atoms with Crippen molar-refractivity contribution in [3.63, 3.8) is 0 Å². The highest BCUT2D eigenvalue weighted by molar-refractivity contribution is 7.09. The predicted octanol–water partition coefficient (Wildman–Crippen LogP) is 0.191. The Bertz CT molecular complexity index is 454. The first kappa shape index (κ1) is 13.0. The molecule has 1 aliphatic rings. The normalized spacial score (nSPS) is 15.5. The van der Waals surface area contributed by atoms with Crippen LogP contribution in [0.3, 0.4) is 0 Å². The SMILES string of the molecule is NCCc1nc(C(=O)N2CC(CC(=O)O)C2)cs1. The van der Waals surface area contributed by atoms with Gasteiger partial charge in [-0.25, -0.2) is 4.98 Å². The summed E-state index contributed by atoms with van der Waals surface area (Å²) in [4.78, 5) is 28.3. The van der Waals surface area contributed by atoms with E-state index in [1.807, 2.05) is 0 Å². The van der Waals surface area contributed by atoms with E-state index in [1.54, 1.807) is 10.3 Å². The number of hydrogen-bond acceptors (Lipinski definition) is 5. The van der Waals surface area contributed by atoms with Crippen molar-refractivity contribution in [2.75, 3.05) is 19.6 Å². The first-order chi connectivity index (χ1) is 8.60.